The van der Waals surface area contributed by atoms with Crippen molar-refractivity contribution in [1.82, 2.24) is 9.72 Å². The largest absolute Gasteiger partial charge is 0.377 e. The molecule has 5 heteroatoms. The number of methoxy groups -OCH3 is 1. The highest BCUT2D eigenvalue weighted by Crippen LogP contribution is 2.13. The molecule has 0 saturated carbocycles. The summed E-state index contributed by atoms with van der Waals surface area (Å²) in [5.41, 5.74) is 7.84. The first kappa shape index (κ1) is 11.9. The maximum absolute atomic E-state index is 5.88. The zero-order valence-corrected chi connectivity index (χ0v) is 10.1. The van der Waals surface area contributed by atoms with Crippen molar-refractivity contribution in [2.24, 2.45) is 5.73 Å². The first-order valence-electron chi connectivity index (χ1n) is 5.54. The van der Waals surface area contributed by atoms with Crippen LogP contribution in [0.2, 0.25) is 0 Å². The van der Waals surface area contributed by atoms with Crippen LogP contribution in [0, 0.1) is 0 Å². The molecular weight excluding hydrogens is 218 g/mol. The summed E-state index contributed by atoms with van der Waals surface area (Å²) in [6.07, 6.45) is 1.99. The normalized spacial score (nSPS) is 12.9. The zero-order valence-electron chi connectivity index (χ0n) is 10.1. The van der Waals surface area contributed by atoms with Gasteiger partial charge in [0.2, 0.25) is 0 Å². The number of nitrogens with zero attached hydrogens (tertiary/aromatic N) is 2. The minimum atomic E-state index is 0.00958. The Morgan fingerprint density at radius 2 is 2.41 bits per heavy atom. The summed E-state index contributed by atoms with van der Waals surface area (Å²) < 4.78 is 12.2. The number of ether oxygens (including phenoxy) is 1. The minimum Gasteiger partial charge on any atom is -0.377 e. The van der Waals surface area contributed by atoms with Crippen LogP contribution in [0.5, 0.6) is 0 Å². The number of hydrogen-bond acceptors (Lipinski definition) is 4. The predicted molar refractivity (Wildman–Crippen MR) is 63.4 cm³/mol. The lowest BCUT2D eigenvalue weighted by molar-refractivity contribution is 0.155. The smallest absolute Gasteiger partial charge is 0.162 e. The van der Waals surface area contributed by atoms with E-state index in [2.05, 4.69) is 9.72 Å². The summed E-state index contributed by atoms with van der Waals surface area (Å²) in [5.74, 6) is 0.733. The fourth-order valence-electron chi connectivity index (χ4n) is 1.80. The Labute approximate surface area is 100 Å². The predicted octanol–water partition coefficient (Wildman–Crippen LogP) is 1.69. The molecule has 0 saturated heterocycles. The van der Waals surface area contributed by atoms with Crippen molar-refractivity contribution >= 4 is 0 Å². The summed E-state index contributed by atoms with van der Waals surface area (Å²) in [6.45, 7) is 3.07. The van der Waals surface area contributed by atoms with Gasteiger partial charge in [0.25, 0.3) is 0 Å². The van der Waals surface area contributed by atoms with E-state index in [0.717, 1.165) is 17.1 Å². The van der Waals surface area contributed by atoms with Crippen LogP contribution in [0.25, 0.3) is 0 Å². The van der Waals surface area contributed by atoms with E-state index in [1.807, 2.05) is 31.3 Å². The highest BCUT2D eigenvalue weighted by molar-refractivity contribution is 5.14. The standard InChI is InChI=1S/C12H17N3O2/c1-9(13)12-4-3-5-15(12)7-10-6-11(8-16-2)17-14-10/h3-6,9H,7-8,13H2,1-2H3. The lowest BCUT2D eigenvalue weighted by atomic mass is 10.2. The molecule has 0 radical (unpaired) electrons. The van der Waals surface area contributed by atoms with E-state index >= 15 is 0 Å². The molecule has 0 aliphatic rings. The SMILES string of the molecule is COCc1cc(Cn2cccc2C(C)N)no1. The maximum Gasteiger partial charge on any atom is 0.162 e. The highest BCUT2D eigenvalue weighted by Gasteiger charge is 2.09. The summed E-state index contributed by atoms with van der Waals surface area (Å²) in [5, 5.41) is 3.99. The fraction of sp³-hybridized carbons (Fsp3) is 0.417. The Kier molecular flexibility index (Phi) is 3.61. The Morgan fingerprint density at radius 3 is 3.12 bits per heavy atom. The molecule has 0 aromatic carbocycles. The van der Waals surface area contributed by atoms with Gasteiger partial charge >= 0.3 is 0 Å². The summed E-state index contributed by atoms with van der Waals surface area (Å²) >= 11 is 0. The van der Waals surface area contributed by atoms with Crippen LogP contribution in [0.1, 0.15) is 30.1 Å². The topological polar surface area (TPSA) is 66.2 Å². The van der Waals surface area contributed by atoms with Gasteiger partial charge in [0, 0.05) is 31.1 Å². The molecule has 17 heavy (non-hydrogen) atoms. The molecule has 2 N–H and O–H groups in total. The summed E-state index contributed by atoms with van der Waals surface area (Å²) in [7, 11) is 1.63. The highest BCUT2D eigenvalue weighted by atomic mass is 16.5. The average molecular weight is 235 g/mol. The Morgan fingerprint density at radius 1 is 1.59 bits per heavy atom. The van der Waals surface area contributed by atoms with Crippen molar-refractivity contribution in [3.05, 3.63) is 41.5 Å². The van der Waals surface area contributed by atoms with E-state index in [-0.39, 0.29) is 6.04 Å². The van der Waals surface area contributed by atoms with Crippen LogP contribution < -0.4 is 5.73 Å². The van der Waals surface area contributed by atoms with E-state index in [1.54, 1.807) is 7.11 Å². The van der Waals surface area contributed by atoms with Crippen LogP contribution in [0.4, 0.5) is 0 Å². The molecule has 1 atom stereocenters. The first-order chi connectivity index (χ1) is 8.20. The van der Waals surface area contributed by atoms with Gasteiger partial charge in [0.15, 0.2) is 5.76 Å². The molecule has 0 aliphatic carbocycles. The molecule has 0 amide bonds. The molecule has 5 nitrogen and oxygen atoms in total. The molecule has 0 spiro atoms. The van der Waals surface area contributed by atoms with Gasteiger partial charge in [-0.05, 0) is 19.1 Å². The molecule has 0 fully saturated rings. The van der Waals surface area contributed by atoms with E-state index < -0.39 is 0 Å². The Bertz CT molecular complexity index is 474. The second-order valence-electron chi connectivity index (χ2n) is 4.07. The Balaban J connectivity index is 2.11. The van der Waals surface area contributed by atoms with Crippen LogP contribution in [-0.4, -0.2) is 16.8 Å². The maximum atomic E-state index is 5.88. The second-order valence-corrected chi connectivity index (χ2v) is 4.07. The third-order valence-corrected chi connectivity index (χ3v) is 2.56. The third-order valence-electron chi connectivity index (χ3n) is 2.56. The Hall–Kier alpha value is -1.59. The van der Waals surface area contributed by atoms with E-state index in [4.69, 9.17) is 15.0 Å². The molecule has 2 aromatic heterocycles. The minimum absolute atomic E-state index is 0.00958. The molecule has 0 aliphatic heterocycles. The molecule has 1 unspecified atom stereocenters. The zero-order chi connectivity index (χ0) is 12.3. The van der Waals surface area contributed by atoms with Gasteiger partial charge in [-0.15, -0.1) is 0 Å². The van der Waals surface area contributed by atoms with Gasteiger partial charge in [-0.3, -0.25) is 0 Å². The molecule has 0 bridgehead atoms. The van der Waals surface area contributed by atoms with Crippen molar-refractivity contribution in [2.45, 2.75) is 26.1 Å². The fourth-order valence-corrected chi connectivity index (χ4v) is 1.80. The third kappa shape index (κ3) is 2.75. The van der Waals surface area contributed by atoms with Crippen molar-refractivity contribution in [2.75, 3.05) is 7.11 Å². The summed E-state index contributed by atoms with van der Waals surface area (Å²) in [4.78, 5) is 0. The lowest BCUT2D eigenvalue weighted by Gasteiger charge is -2.09. The van der Waals surface area contributed by atoms with Crippen LogP contribution in [0.3, 0.4) is 0 Å². The average Bonchev–Trinajstić information content (AvgIpc) is 2.89. The van der Waals surface area contributed by atoms with E-state index in [0.29, 0.717) is 13.2 Å². The monoisotopic (exact) mass is 235 g/mol. The van der Waals surface area contributed by atoms with Crippen LogP contribution in [0.15, 0.2) is 28.9 Å². The first-order valence-corrected chi connectivity index (χ1v) is 5.54. The van der Waals surface area contributed by atoms with Gasteiger partial charge in [-0.25, -0.2) is 0 Å². The van der Waals surface area contributed by atoms with Crippen molar-refractivity contribution in [3.8, 4) is 0 Å². The van der Waals surface area contributed by atoms with Crippen LogP contribution >= 0.6 is 0 Å². The van der Waals surface area contributed by atoms with Crippen molar-refractivity contribution < 1.29 is 9.26 Å². The van der Waals surface area contributed by atoms with E-state index in [1.165, 1.54) is 0 Å². The number of aromatic nitrogens is 2. The van der Waals surface area contributed by atoms with E-state index in [9.17, 15) is 0 Å². The quantitative estimate of drug-likeness (QED) is 0.856. The molecule has 2 aromatic rings. The number of nitrogens with two attached hydrogens (primary N) is 1. The molecule has 2 rings (SSSR count). The lowest BCUT2D eigenvalue weighted by Crippen LogP contribution is -2.12. The molecular formula is C12H17N3O2. The molecule has 92 valence electrons. The van der Waals surface area contributed by atoms with Crippen molar-refractivity contribution in [1.29, 1.82) is 0 Å². The van der Waals surface area contributed by atoms with Crippen molar-refractivity contribution in [3.63, 3.8) is 0 Å². The van der Waals surface area contributed by atoms with Gasteiger partial charge in [0.1, 0.15) is 12.3 Å². The van der Waals surface area contributed by atoms with Gasteiger partial charge < -0.3 is 19.6 Å². The molecule has 2 heterocycles. The summed E-state index contributed by atoms with van der Waals surface area (Å²) in [6, 6.07) is 5.90. The van der Waals surface area contributed by atoms with Gasteiger partial charge in [-0.2, -0.15) is 0 Å². The van der Waals surface area contributed by atoms with Gasteiger partial charge in [0.05, 0.1) is 6.54 Å². The van der Waals surface area contributed by atoms with Gasteiger partial charge in [-0.1, -0.05) is 5.16 Å². The number of rotatable bonds is 5. The number of hydrogen-bond donors (Lipinski definition) is 1. The van der Waals surface area contributed by atoms with Crippen LogP contribution in [-0.2, 0) is 17.9 Å². The second kappa shape index (κ2) is 5.16.